The number of nitriles is 2. The summed E-state index contributed by atoms with van der Waals surface area (Å²) in [5.74, 6) is 0. The third-order valence-corrected chi connectivity index (χ3v) is 13.1. The summed E-state index contributed by atoms with van der Waals surface area (Å²) in [6, 6.07) is 26.4. The van der Waals surface area contributed by atoms with Crippen LogP contribution < -0.4 is 0 Å². The molecule has 6 heteroatoms. The highest BCUT2D eigenvalue weighted by Crippen LogP contribution is 2.63. The van der Waals surface area contributed by atoms with Crippen molar-refractivity contribution in [3.63, 3.8) is 0 Å². The van der Waals surface area contributed by atoms with Gasteiger partial charge in [-0.1, -0.05) is 82.8 Å². The van der Waals surface area contributed by atoms with E-state index in [0.29, 0.717) is 0 Å². The van der Waals surface area contributed by atoms with Gasteiger partial charge in [-0.15, -0.1) is 34.4 Å². The highest BCUT2D eigenvalue weighted by atomic mass is 32.2. The summed E-state index contributed by atoms with van der Waals surface area (Å²) in [4.78, 5) is 3.24. The van der Waals surface area contributed by atoms with Crippen molar-refractivity contribution in [1.29, 1.82) is 10.5 Å². The number of rotatable bonds is 1. The highest BCUT2D eigenvalue weighted by molar-refractivity contribution is 8.05. The summed E-state index contributed by atoms with van der Waals surface area (Å²) in [6.07, 6.45) is 0. The lowest BCUT2D eigenvalue weighted by atomic mass is 9.71. The molecule has 3 nitrogen and oxygen atoms in total. The van der Waals surface area contributed by atoms with Gasteiger partial charge in [0.2, 0.25) is 0 Å². The Labute approximate surface area is 264 Å². The average Bonchev–Trinajstić information content (AvgIpc) is 3.75. The lowest BCUT2D eigenvalue weighted by Gasteiger charge is -2.36. The number of benzene rings is 3. The predicted molar refractivity (Wildman–Crippen MR) is 191 cm³/mol. The van der Waals surface area contributed by atoms with Crippen LogP contribution in [0.1, 0.15) is 53.3 Å². The summed E-state index contributed by atoms with van der Waals surface area (Å²) in [5.41, 5.74) is 3.16. The summed E-state index contributed by atoms with van der Waals surface area (Å²) < 4.78 is 4.78. The van der Waals surface area contributed by atoms with Gasteiger partial charge in [0, 0.05) is 46.2 Å². The van der Waals surface area contributed by atoms with E-state index in [1.165, 1.54) is 62.5 Å². The number of aromatic nitrogens is 1. The van der Waals surface area contributed by atoms with Crippen LogP contribution in [-0.2, 0) is 5.41 Å². The van der Waals surface area contributed by atoms with Crippen LogP contribution in [0.3, 0.4) is 0 Å². The molecule has 7 aromatic rings. The van der Waals surface area contributed by atoms with Crippen LogP contribution >= 0.6 is 34.4 Å². The number of para-hydroxylation sites is 1. The third kappa shape index (κ3) is 3.71. The molecule has 0 amide bonds. The third-order valence-electron chi connectivity index (χ3n) is 8.88. The van der Waals surface area contributed by atoms with E-state index in [4.69, 9.17) is 0 Å². The lowest BCUT2D eigenvalue weighted by molar-refractivity contribution is 0.469. The second-order valence-electron chi connectivity index (χ2n) is 10.9. The molecule has 4 aromatic heterocycles. The van der Waals surface area contributed by atoms with Gasteiger partial charge in [-0.3, -0.25) is 4.40 Å². The van der Waals surface area contributed by atoms with Gasteiger partial charge in [0.05, 0.1) is 15.7 Å². The van der Waals surface area contributed by atoms with E-state index in [2.05, 4.69) is 105 Å². The summed E-state index contributed by atoms with van der Waals surface area (Å²) in [7, 11) is 0. The standard InChI is InChI=1S/C33H21N3S3.2C2H6/c1-17-29(19(15-34)16-35)39-32(2,3)33(17,4)25-14-24-30(38-25)27-22-10-7-8-18-12-13-21-20-9-5-6-11-23(20)36(31(27)37-24)28(21)26(18)22;2*1-2/h5-14H,1H2,2-4H3;2*1-2H3. The van der Waals surface area contributed by atoms with E-state index in [1.54, 1.807) is 11.8 Å². The Morgan fingerprint density at radius 1 is 0.814 bits per heavy atom. The summed E-state index contributed by atoms with van der Waals surface area (Å²) in [5, 5.41) is 27.0. The number of hydrogen-bond acceptors (Lipinski definition) is 5. The van der Waals surface area contributed by atoms with Crippen molar-refractivity contribution in [3.05, 3.63) is 88.2 Å². The van der Waals surface area contributed by atoms with Crippen molar-refractivity contribution in [3.8, 4) is 12.1 Å². The second-order valence-corrected chi connectivity index (χ2v) is 14.7. The number of nitrogens with zero attached hydrogens (tertiary/aromatic N) is 3. The molecule has 0 bridgehead atoms. The van der Waals surface area contributed by atoms with Gasteiger partial charge in [0.15, 0.2) is 0 Å². The van der Waals surface area contributed by atoms with Gasteiger partial charge >= 0.3 is 0 Å². The summed E-state index contributed by atoms with van der Waals surface area (Å²) >= 11 is 5.30. The Kier molecular flexibility index (Phi) is 7.09. The minimum absolute atomic E-state index is 0.157. The molecular formula is C37H33N3S3. The maximum Gasteiger partial charge on any atom is 0.143 e. The van der Waals surface area contributed by atoms with Crippen molar-refractivity contribution in [2.75, 3.05) is 0 Å². The normalized spacial score (nSPS) is 17.8. The molecule has 5 heterocycles. The van der Waals surface area contributed by atoms with E-state index < -0.39 is 5.41 Å². The Hall–Kier alpha value is -3.81. The molecule has 0 aliphatic carbocycles. The molecule has 0 N–H and O–H groups in total. The number of thiophene rings is 2. The number of pyridine rings is 1. The molecule has 1 atom stereocenters. The first-order valence-electron chi connectivity index (χ1n) is 14.8. The fourth-order valence-corrected chi connectivity index (χ4v) is 11.1. The Bertz CT molecular complexity index is 2330. The van der Waals surface area contributed by atoms with E-state index >= 15 is 0 Å². The fraction of sp³-hybridized carbons (Fsp3) is 0.243. The van der Waals surface area contributed by atoms with Crippen molar-refractivity contribution in [2.24, 2.45) is 0 Å². The molecule has 1 fully saturated rings. The van der Waals surface area contributed by atoms with Crippen LogP contribution in [0.25, 0.3) is 57.6 Å². The average molecular weight is 616 g/mol. The SMILES string of the molecule is C=C1C(=C(C#N)C#N)SC(C)(C)C1(C)c1cc2sc3c(c4cccc5ccc6c7ccccc7n3c6c54)c2s1.CC.CC. The van der Waals surface area contributed by atoms with Gasteiger partial charge in [-0.05, 0) is 49.2 Å². The van der Waals surface area contributed by atoms with Crippen molar-refractivity contribution < 1.29 is 0 Å². The van der Waals surface area contributed by atoms with Gasteiger partial charge in [0.1, 0.15) is 22.5 Å². The minimum Gasteiger partial charge on any atom is -0.299 e. The van der Waals surface area contributed by atoms with Gasteiger partial charge < -0.3 is 0 Å². The highest BCUT2D eigenvalue weighted by Gasteiger charge is 2.54. The lowest BCUT2D eigenvalue weighted by Crippen LogP contribution is -2.38. The molecular weight excluding hydrogens is 583 g/mol. The Morgan fingerprint density at radius 2 is 1.51 bits per heavy atom. The quantitative estimate of drug-likeness (QED) is 0.173. The number of allylic oxidation sites excluding steroid dienone is 2. The smallest absolute Gasteiger partial charge is 0.143 e. The van der Waals surface area contributed by atoms with Crippen LogP contribution in [-0.4, -0.2) is 9.15 Å². The van der Waals surface area contributed by atoms with E-state index in [-0.39, 0.29) is 10.3 Å². The first-order valence-corrected chi connectivity index (χ1v) is 17.2. The van der Waals surface area contributed by atoms with Gasteiger partial charge in [-0.25, -0.2) is 0 Å². The fourth-order valence-electron chi connectivity index (χ4n) is 6.55. The van der Waals surface area contributed by atoms with Gasteiger partial charge in [-0.2, -0.15) is 10.5 Å². The molecule has 1 aliphatic heterocycles. The van der Waals surface area contributed by atoms with Crippen LogP contribution in [0.5, 0.6) is 0 Å². The zero-order chi connectivity index (χ0) is 30.8. The number of hydrogen-bond donors (Lipinski definition) is 0. The molecule has 8 rings (SSSR count). The van der Waals surface area contributed by atoms with Crippen molar-refractivity contribution in [1.82, 2.24) is 4.40 Å². The van der Waals surface area contributed by atoms with Gasteiger partial charge in [0.25, 0.3) is 0 Å². The summed E-state index contributed by atoms with van der Waals surface area (Å²) in [6.45, 7) is 19.1. The molecule has 43 heavy (non-hydrogen) atoms. The van der Waals surface area contributed by atoms with Crippen LogP contribution in [0, 0.1) is 22.7 Å². The largest absolute Gasteiger partial charge is 0.299 e. The van der Waals surface area contributed by atoms with E-state index in [9.17, 15) is 10.5 Å². The van der Waals surface area contributed by atoms with Crippen molar-refractivity contribution >= 4 is 92.0 Å². The first-order chi connectivity index (χ1) is 20.8. The second kappa shape index (κ2) is 10.4. The molecule has 3 aromatic carbocycles. The monoisotopic (exact) mass is 615 g/mol. The van der Waals surface area contributed by atoms with Crippen LogP contribution in [0.15, 0.2) is 83.3 Å². The Morgan fingerprint density at radius 3 is 2.23 bits per heavy atom. The minimum atomic E-state index is -0.408. The zero-order valence-corrected chi connectivity index (χ0v) is 28.0. The molecule has 0 saturated carbocycles. The first kappa shape index (κ1) is 29.3. The maximum atomic E-state index is 9.62. The molecule has 1 saturated heterocycles. The van der Waals surface area contributed by atoms with Crippen molar-refractivity contribution in [2.45, 2.75) is 58.6 Å². The zero-order valence-electron chi connectivity index (χ0n) is 25.5. The van der Waals surface area contributed by atoms with E-state index in [1.807, 2.05) is 50.4 Å². The number of thioether (sulfide) groups is 1. The molecule has 0 radical (unpaired) electrons. The Balaban J connectivity index is 0.000000792. The topological polar surface area (TPSA) is 52.0 Å². The molecule has 1 unspecified atom stereocenters. The van der Waals surface area contributed by atoms with Crippen LogP contribution in [0.2, 0.25) is 0 Å². The van der Waals surface area contributed by atoms with Crippen LogP contribution in [0.4, 0.5) is 0 Å². The van der Waals surface area contributed by atoms with E-state index in [0.717, 1.165) is 10.5 Å². The molecule has 0 spiro atoms. The predicted octanol–water partition coefficient (Wildman–Crippen LogP) is 12.0. The molecule has 214 valence electrons. The number of fused-ring (bicyclic) bond motifs is 8. The maximum absolute atomic E-state index is 9.62. The molecule has 1 aliphatic rings.